The second kappa shape index (κ2) is 5.31. The van der Waals surface area contributed by atoms with E-state index in [2.05, 4.69) is 6.58 Å². The molecule has 0 bridgehead atoms. The van der Waals surface area contributed by atoms with Crippen LogP contribution in [0.5, 0.6) is 0 Å². The molecule has 74 valence electrons. The average Bonchev–Trinajstić information content (AvgIpc) is 2.04. The highest BCUT2D eigenvalue weighted by Crippen LogP contribution is 2.10. The lowest BCUT2D eigenvalue weighted by Crippen LogP contribution is -2.25. The summed E-state index contributed by atoms with van der Waals surface area (Å²) < 4.78 is 4.82. The maximum Gasteiger partial charge on any atom is 0.331 e. The Morgan fingerprint density at radius 1 is 1.46 bits per heavy atom. The molecule has 5 nitrogen and oxygen atoms in total. The largest absolute Gasteiger partial charge is 0.481 e. The Labute approximate surface area is 75.6 Å². The van der Waals surface area contributed by atoms with E-state index in [9.17, 15) is 9.59 Å². The van der Waals surface area contributed by atoms with Gasteiger partial charge >= 0.3 is 11.9 Å². The van der Waals surface area contributed by atoms with Gasteiger partial charge in [-0.2, -0.15) is 0 Å². The van der Waals surface area contributed by atoms with Crippen LogP contribution in [-0.4, -0.2) is 35.4 Å². The van der Waals surface area contributed by atoms with Gasteiger partial charge in [-0.1, -0.05) is 6.58 Å². The summed E-state index contributed by atoms with van der Waals surface area (Å²) in [5.74, 6) is -3.72. The smallest absolute Gasteiger partial charge is 0.331 e. The van der Waals surface area contributed by atoms with E-state index in [1.807, 2.05) is 0 Å². The number of aliphatic carboxylic acids is 2. The number of hydrogen-bond acceptors (Lipinski definition) is 3. The Kier molecular flexibility index (Phi) is 4.76. The molecule has 0 aromatic heterocycles. The van der Waals surface area contributed by atoms with Crippen molar-refractivity contribution in [3.8, 4) is 0 Å². The van der Waals surface area contributed by atoms with Gasteiger partial charge in [-0.15, -0.1) is 0 Å². The molecule has 2 N–H and O–H groups in total. The summed E-state index contributed by atoms with van der Waals surface area (Å²) in [5.41, 5.74) is -0.360. The number of hydrogen-bond donors (Lipinski definition) is 2. The molecule has 0 fully saturated rings. The van der Waals surface area contributed by atoms with Crippen LogP contribution in [0.25, 0.3) is 0 Å². The second-order valence-electron chi connectivity index (χ2n) is 2.38. The molecule has 1 unspecified atom stereocenters. The van der Waals surface area contributed by atoms with E-state index < -0.39 is 17.9 Å². The first-order valence-electron chi connectivity index (χ1n) is 3.73. The summed E-state index contributed by atoms with van der Waals surface area (Å²) in [6.07, 6.45) is 0. The van der Waals surface area contributed by atoms with Crippen molar-refractivity contribution < 1.29 is 24.5 Å². The van der Waals surface area contributed by atoms with E-state index in [-0.39, 0.29) is 12.2 Å². The predicted octanol–water partition coefficient (Wildman–Crippen LogP) is 0.364. The molecule has 0 aromatic carbocycles. The summed E-state index contributed by atoms with van der Waals surface area (Å²) in [4.78, 5) is 20.9. The number of ether oxygens (including phenoxy) is 1. The maximum atomic E-state index is 10.5. The first kappa shape index (κ1) is 11.6. The second-order valence-corrected chi connectivity index (χ2v) is 2.38. The zero-order valence-corrected chi connectivity index (χ0v) is 7.32. The predicted molar refractivity (Wildman–Crippen MR) is 44.4 cm³/mol. The summed E-state index contributed by atoms with van der Waals surface area (Å²) in [6.45, 7) is 5.05. The zero-order chi connectivity index (χ0) is 10.4. The highest BCUT2D eigenvalue weighted by Gasteiger charge is 2.25. The van der Waals surface area contributed by atoms with Crippen LogP contribution in [0, 0.1) is 5.92 Å². The minimum Gasteiger partial charge on any atom is -0.481 e. The highest BCUT2D eigenvalue weighted by molar-refractivity contribution is 5.93. The maximum absolute atomic E-state index is 10.5. The molecular weight excluding hydrogens is 176 g/mol. The van der Waals surface area contributed by atoms with Gasteiger partial charge in [-0.25, -0.2) is 4.79 Å². The average molecular weight is 188 g/mol. The minimum absolute atomic E-state index is 0.156. The number of carboxylic acid groups (broad SMARTS) is 2. The van der Waals surface area contributed by atoms with Crippen LogP contribution in [0.4, 0.5) is 0 Å². The quantitative estimate of drug-likeness (QED) is 0.588. The fraction of sp³-hybridized carbons (Fsp3) is 0.500. The van der Waals surface area contributed by atoms with Crippen LogP contribution in [0.3, 0.4) is 0 Å². The number of carbonyl (C=O) groups is 2. The molecule has 0 rings (SSSR count). The molecule has 0 heterocycles. The van der Waals surface area contributed by atoms with E-state index in [1.54, 1.807) is 6.92 Å². The van der Waals surface area contributed by atoms with Gasteiger partial charge in [0, 0.05) is 12.2 Å². The first-order valence-corrected chi connectivity index (χ1v) is 3.73. The van der Waals surface area contributed by atoms with Gasteiger partial charge in [0.1, 0.15) is 5.92 Å². The molecule has 0 aliphatic carbocycles. The summed E-state index contributed by atoms with van der Waals surface area (Å²) in [6, 6.07) is 0. The molecule has 0 aliphatic rings. The molecule has 13 heavy (non-hydrogen) atoms. The minimum atomic E-state index is -1.31. The molecule has 0 aliphatic heterocycles. The molecule has 0 saturated carbocycles. The molecule has 5 heteroatoms. The Bertz CT molecular complexity index is 221. The van der Waals surface area contributed by atoms with Crippen molar-refractivity contribution >= 4 is 11.9 Å². The van der Waals surface area contributed by atoms with Gasteiger partial charge in [0.05, 0.1) is 6.61 Å². The van der Waals surface area contributed by atoms with Crippen LogP contribution in [-0.2, 0) is 14.3 Å². The van der Waals surface area contributed by atoms with Crippen molar-refractivity contribution in [1.82, 2.24) is 0 Å². The van der Waals surface area contributed by atoms with Crippen LogP contribution in [0.1, 0.15) is 6.92 Å². The molecule has 0 amide bonds. The van der Waals surface area contributed by atoms with Crippen molar-refractivity contribution in [2.24, 2.45) is 5.92 Å². The van der Waals surface area contributed by atoms with E-state index >= 15 is 0 Å². The summed E-state index contributed by atoms with van der Waals surface area (Å²) >= 11 is 0. The van der Waals surface area contributed by atoms with E-state index in [0.717, 1.165) is 0 Å². The molecule has 0 saturated heterocycles. The molecule has 0 radical (unpaired) electrons. The fourth-order valence-corrected chi connectivity index (χ4v) is 0.706. The Morgan fingerprint density at radius 3 is 2.31 bits per heavy atom. The first-order chi connectivity index (χ1) is 6.00. The topological polar surface area (TPSA) is 83.8 Å². The van der Waals surface area contributed by atoms with E-state index in [4.69, 9.17) is 14.9 Å². The normalized spacial score (nSPS) is 12.1. The molecule has 0 aromatic rings. The third kappa shape index (κ3) is 3.71. The Morgan fingerprint density at radius 2 is 2.00 bits per heavy atom. The lowest BCUT2D eigenvalue weighted by atomic mass is 10.0. The summed E-state index contributed by atoms with van der Waals surface area (Å²) in [7, 11) is 0. The number of carboxylic acids is 2. The lowest BCUT2D eigenvalue weighted by molar-refractivity contribution is -0.145. The van der Waals surface area contributed by atoms with Crippen LogP contribution >= 0.6 is 0 Å². The van der Waals surface area contributed by atoms with Crippen molar-refractivity contribution in [2.45, 2.75) is 6.92 Å². The van der Waals surface area contributed by atoms with Crippen LogP contribution in [0.2, 0.25) is 0 Å². The fourth-order valence-electron chi connectivity index (χ4n) is 0.706. The number of rotatable bonds is 6. The monoisotopic (exact) mass is 188 g/mol. The van der Waals surface area contributed by atoms with Gasteiger partial charge in [-0.3, -0.25) is 4.79 Å². The van der Waals surface area contributed by atoms with Crippen LogP contribution < -0.4 is 0 Å². The third-order valence-corrected chi connectivity index (χ3v) is 1.48. The Balaban J connectivity index is 4.33. The van der Waals surface area contributed by atoms with Gasteiger partial charge < -0.3 is 14.9 Å². The SMILES string of the molecule is C=C(C(=O)O)C(COCC)C(=O)O. The van der Waals surface area contributed by atoms with Gasteiger partial charge in [0.2, 0.25) is 0 Å². The van der Waals surface area contributed by atoms with Crippen molar-refractivity contribution in [1.29, 1.82) is 0 Å². The van der Waals surface area contributed by atoms with E-state index in [0.29, 0.717) is 6.61 Å². The van der Waals surface area contributed by atoms with Crippen molar-refractivity contribution in [3.05, 3.63) is 12.2 Å². The third-order valence-electron chi connectivity index (χ3n) is 1.48. The molecule has 1 atom stereocenters. The summed E-state index contributed by atoms with van der Waals surface area (Å²) in [5, 5.41) is 17.1. The van der Waals surface area contributed by atoms with Crippen molar-refractivity contribution in [3.63, 3.8) is 0 Å². The van der Waals surface area contributed by atoms with Crippen LogP contribution in [0.15, 0.2) is 12.2 Å². The Hall–Kier alpha value is -1.36. The van der Waals surface area contributed by atoms with Crippen molar-refractivity contribution in [2.75, 3.05) is 13.2 Å². The molecular formula is C8H12O5. The van der Waals surface area contributed by atoms with Gasteiger partial charge in [-0.05, 0) is 6.92 Å². The van der Waals surface area contributed by atoms with Gasteiger partial charge in [0.25, 0.3) is 0 Å². The van der Waals surface area contributed by atoms with Gasteiger partial charge in [0.15, 0.2) is 0 Å². The molecule has 0 spiro atoms. The lowest BCUT2D eigenvalue weighted by Gasteiger charge is -2.11. The highest BCUT2D eigenvalue weighted by atomic mass is 16.5. The van der Waals surface area contributed by atoms with E-state index in [1.165, 1.54) is 0 Å². The zero-order valence-electron chi connectivity index (χ0n) is 7.32. The standard InChI is InChI=1S/C8H12O5/c1-3-13-4-6(8(11)12)5(2)7(9)10/h6H,2-4H2,1H3,(H,9,10)(H,11,12).